The molecule has 2 heterocycles. The first kappa shape index (κ1) is 15.2. The molecule has 2 aliphatic rings. The molecule has 2 aliphatic heterocycles. The minimum absolute atomic E-state index is 0.169. The molecule has 0 spiro atoms. The number of ether oxygens (including phenoxy) is 5. The summed E-state index contributed by atoms with van der Waals surface area (Å²) >= 11 is 0. The van der Waals surface area contributed by atoms with Crippen LogP contribution < -0.4 is 0 Å². The molecule has 0 aliphatic carbocycles. The molecule has 0 N–H and O–H groups in total. The largest absolute Gasteiger partial charge is 0.456 e. The van der Waals surface area contributed by atoms with Crippen molar-refractivity contribution < 1.29 is 33.3 Å². The van der Waals surface area contributed by atoms with Crippen LogP contribution in [0.5, 0.6) is 0 Å². The van der Waals surface area contributed by atoms with Crippen LogP contribution in [-0.4, -0.2) is 55.4 Å². The maximum Gasteiger partial charge on any atom is 0.303 e. The smallest absolute Gasteiger partial charge is 0.303 e. The van der Waals surface area contributed by atoms with Gasteiger partial charge in [0.2, 0.25) is 0 Å². The van der Waals surface area contributed by atoms with E-state index in [-0.39, 0.29) is 12.7 Å². The van der Waals surface area contributed by atoms with Crippen LogP contribution in [0.15, 0.2) is 0 Å². The zero-order valence-electron chi connectivity index (χ0n) is 12.1. The molecule has 2 saturated heterocycles. The second kappa shape index (κ2) is 5.67. The molecule has 0 radical (unpaired) electrons. The fourth-order valence-corrected chi connectivity index (χ4v) is 2.45. The summed E-state index contributed by atoms with van der Waals surface area (Å²) in [6.45, 7) is 6.70. The Morgan fingerprint density at radius 2 is 1.75 bits per heavy atom. The topological polar surface area (TPSA) is 80.3 Å². The highest BCUT2D eigenvalue weighted by Crippen LogP contribution is 2.32. The highest BCUT2D eigenvalue weighted by molar-refractivity contribution is 5.67. The van der Waals surface area contributed by atoms with E-state index < -0.39 is 36.0 Å². The summed E-state index contributed by atoms with van der Waals surface area (Å²) in [6, 6.07) is 0. The Hall–Kier alpha value is -1.18. The SMILES string of the molecule is CC(=O)O[C@H]1[C@@H]([C@H]2COC(C)(C)O2)OC[C@@H]1OC(C)=O. The third-order valence-electron chi connectivity index (χ3n) is 3.16. The van der Waals surface area contributed by atoms with E-state index in [9.17, 15) is 9.59 Å². The van der Waals surface area contributed by atoms with Gasteiger partial charge in [-0.05, 0) is 13.8 Å². The van der Waals surface area contributed by atoms with Crippen molar-refractivity contribution in [1.82, 2.24) is 0 Å². The van der Waals surface area contributed by atoms with Gasteiger partial charge in [0, 0.05) is 13.8 Å². The fourth-order valence-electron chi connectivity index (χ4n) is 2.45. The lowest BCUT2D eigenvalue weighted by atomic mass is 10.1. The van der Waals surface area contributed by atoms with E-state index in [4.69, 9.17) is 23.7 Å². The van der Waals surface area contributed by atoms with Gasteiger partial charge in [0.25, 0.3) is 0 Å². The molecular weight excluding hydrogens is 268 g/mol. The molecule has 2 fully saturated rings. The lowest BCUT2D eigenvalue weighted by molar-refractivity contribution is -0.173. The molecule has 0 unspecified atom stereocenters. The average Bonchev–Trinajstić information content (AvgIpc) is 2.82. The monoisotopic (exact) mass is 288 g/mol. The molecule has 0 aromatic carbocycles. The van der Waals surface area contributed by atoms with Crippen molar-refractivity contribution in [3.63, 3.8) is 0 Å². The van der Waals surface area contributed by atoms with Crippen LogP contribution in [0.3, 0.4) is 0 Å². The minimum atomic E-state index is -0.700. The molecule has 0 aromatic rings. The molecule has 2 rings (SSSR count). The van der Waals surface area contributed by atoms with Crippen molar-refractivity contribution in [2.45, 2.75) is 57.9 Å². The second-order valence-electron chi connectivity index (χ2n) is 5.39. The van der Waals surface area contributed by atoms with Crippen molar-refractivity contribution in [2.24, 2.45) is 0 Å². The van der Waals surface area contributed by atoms with Crippen molar-refractivity contribution in [2.75, 3.05) is 13.2 Å². The van der Waals surface area contributed by atoms with E-state index in [1.807, 2.05) is 0 Å². The van der Waals surface area contributed by atoms with E-state index in [0.717, 1.165) is 0 Å². The van der Waals surface area contributed by atoms with Crippen LogP contribution in [0.25, 0.3) is 0 Å². The number of hydrogen-bond donors (Lipinski definition) is 0. The molecule has 114 valence electrons. The van der Waals surface area contributed by atoms with Gasteiger partial charge < -0.3 is 23.7 Å². The lowest BCUT2D eigenvalue weighted by Crippen LogP contribution is -2.44. The fraction of sp³-hybridized carbons (Fsp3) is 0.846. The van der Waals surface area contributed by atoms with Gasteiger partial charge >= 0.3 is 11.9 Å². The average molecular weight is 288 g/mol. The summed E-state index contributed by atoms with van der Waals surface area (Å²) in [7, 11) is 0. The molecule has 0 bridgehead atoms. The van der Waals surface area contributed by atoms with E-state index in [1.165, 1.54) is 13.8 Å². The van der Waals surface area contributed by atoms with Crippen molar-refractivity contribution in [3.8, 4) is 0 Å². The first-order valence-electron chi connectivity index (χ1n) is 6.56. The maximum atomic E-state index is 11.2. The lowest BCUT2D eigenvalue weighted by Gasteiger charge is -2.26. The Bertz CT molecular complexity index is 392. The summed E-state index contributed by atoms with van der Waals surface area (Å²) in [5, 5.41) is 0. The van der Waals surface area contributed by atoms with Gasteiger partial charge in [0.1, 0.15) is 12.2 Å². The van der Waals surface area contributed by atoms with Crippen LogP contribution >= 0.6 is 0 Å². The van der Waals surface area contributed by atoms with Crippen molar-refractivity contribution >= 4 is 11.9 Å². The van der Waals surface area contributed by atoms with Gasteiger partial charge in [0.15, 0.2) is 18.0 Å². The summed E-state index contributed by atoms with van der Waals surface area (Å²) in [5.41, 5.74) is 0. The second-order valence-corrected chi connectivity index (χ2v) is 5.39. The van der Waals surface area contributed by atoms with Crippen molar-refractivity contribution in [3.05, 3.63) is 0 Å². The highest BCUT2D eigenvalue weighted by Gasteiger charge is 2.50. The number of esters is 2. The Kier molecular flexibility index (Phi) is 4.31. The van der Waals surface area contributed by atoms with Crippen molar-refractivity contribution in [1.29, 1.82) is 0 Å². The van der Waals surface area contributed by atoms with Gasteiger partial charge in [-0.3, -0.25) is 9.59 Å². The van der Waals surface area contributed by atoms with Crippen LogP contribution in [0.2, 0.25) is 0 Å². The molecule has 7 nitrogen and oxygen atoms in total. The van der Waals surface area contributed by atoms with Crippen LogP contribution in [0.4, 0.5) is 0 Å². The van der Waals surface area contributed by atoms with Gasteiger partial charge in [-0.2, -0.15) is 0 Å². The molecule has 0 amide bonds. The predicted octanol–water partition coefficient (Wildman–Crippen LogP) is 0.400. The predicted molar refractivity (Wildman–Crippen MR) is 65.8 cm³/mol. The van der Waals surface area contributed by atoms with Crippen LogP contribution in [-0.2, 0) is 33.3 Å². The van der Waals surface area contributed by atoms with E-state index in [1.54, 1.807) is 13.8 Å². The number of carbonyl (C=O) groups is 2. The molecule has 0 saturated carbocycles. The van der Waals surface area contributed by atoms with E-state index in [2.05, 4.69) is 0 Å². The minimum Gasteiger partial charge on any atom is -0.456 e. The zero-order chi connectivity index (χ0) is 14.9. The van der Waals surface area contributed by atoms with Gasteiger partial charge in [0.05, 0.1) is 13.2 Å². The highest BCUT2D eigenvalue weighted by atomic mass is 16.8. The molecule has 4 atom stereocenters. The van der Waals surface area contributed by atoms with E-state index in [0.29, 0.717) is 6.61 Å². The Morgan fingerprint density at radius 1 is 1.10 bits per heavy atom. The van der Waals surface area contributed by atoms with Gasteiger partial charge in [-0.25, -0.2) is 0 Å². The van der Waals surface area contributed by atoms with Gasteiger partial charge in [-0.15, -0.1) is 0 Å². The summed E-state index contributed by atoms with van der Waals surface area (Å²) in [6.07, 6.45) is -2.17. The first-order chi connectivity index (χ1) is 9.28. The van der Waals surface area contributed by atoms with E-state index >= 15 is 0 Å². The molecule has 0 aromatic heterocycles. The maximum absolute atomic E-state index is 11.2. The number of carbonyl (C=O) groups excluding carboxylic acids is 2. The van der Waals surface area contributed by atoms with Crippen LogP contribution in [0.1, 0.15) is 27.7 Å². The van der Waals surface area contributed by atoms with Gasteiger partial charge in [-0.1, -0.05) is 0 Å². The Labute approximate surface area is 117 Å². The van der Waals surface area contributed by atoms with Crippen LogP contribution in [0, 0.1) is 0 Å². The number of rotatable bonds is 3. The molecule has 20 heavy (non-hydrogen) atoms. The first-order valence-corrected chi connectivity index (χ1v) is 6.56. The summed E-state index contributed by atoms with van der Waals surface area (Å²) < 4.78 is 27.2. The third-order valence-corrected chi connectivity index (χ3v) is 3.16. The number of hydrogen-bond acceptors (Lipinski definition) is 7. The summed E-state index contributed by atoms with van der Waals surface area (Å²) in [4.78, 5) is 22.3. The zero-order valence-corrected chi connectivity index (χ0v) is 12.1. The third kappa shape index (κ3) is 3.47. The molecular formula is C13H20O7. The summed E-state index contributed by atoms with van der Waals surface area (Å²) in [5.74, 6) is -1.60. The Morgan fingerprint density at radius 3 is 2.25 bits per heavy atom. The quantitative estimate of drug-likeness (QED) is 0.695. The normalized spacial score (nSPS) is 35.8. The standard InChI is InChI=1S/C13H20O7/c1-7(14)18-9-5-16-11(12(9)19-8(2)15)10-6-17-13(3,4)20-10/h9-12H,5-6H2,1-4H3/t9-,10+,11+,12+/m0/s1. The Balaban J connectivity index is 2.07. The molecule has 7 heteroatoms.